The van der Waals surface area contributed by atoms with Gasteiger partial charge >= 0.3 is 0 Å². The molecule has 0 aliphatic carbocycles. The number of pyridine rings is 1. The van der Waals surface area contributed by atoms with Gasteiger partial charge in [-0.3, -0.25) is 9.59 Å². The van der Waals surface area contributed by atoms with Crippen molar-refractivity contribution in [2.24, 2.45) is 5.92 Å². The summed E-state index contributed by atoms with van der Waals surface area (Å²) >= 11 is 5.94. The average Bonchev–Trinajstić information content (AvgIpc) is 3.16. The summed E-state index contributed by atoms with van der Waals surface area (Å²) in [7, 11) is 0. The first-order chi connectivity index (χ1) is 13.7. The smallest absolute Gasteiger partial charge is 0.267 e. The maximum Gasteiger partial charge on any atom is 0.267 e. The van der Waals surface area contributed by atoms with Crippen LogP contribution >= 0.6 is 11.6 Å². The summed E-state index contributed by atoms with van der Waals surface area (Å²) in [5.41, 5.74) is 3.78. The fourth-order valence-electron chi connectivity index (χ4n) is 3.71. The van der Waals surface area contributed by atoms with E-state index >= 15 is 0 Å². The predicted octanol–water partition coefficient (Wildman–Crippen LogP) is 5.02. The highest BCUT2D eigenvalue weighted by Crippen LogP contribution is 2.30. The first kappa shape index (κ1) is 21.4. The number of aromatic amines is 1. The van der Waals surface area contributed by atoms with Crippen LogP contribution in [0.1, 0.15) is 57.4 Å². The first-order valence-corrected chi connectivity index (χ1v) is 10.6. The number of hydrogen-bond donors (Lipinski definition) is 1. The van der Waals surface area contributed by atoms with Gasteiger partial charge in [0.15, 0.2) is 0 Å². The molecule has 0 unspecified atom stereocenters. The van der Waals surface area contributed by atoms with Crippen LogP contribution in [0, 0.1) is 5.92 Å². The predicted molar refractivity (Wildman–Crippen MR) is 119 cm³/mol. The zero-order valence-electron chi connectivity index (χ0n) is 17.6. The molecule has 1 aliphatic heterocycles. The molecule has 0 bridgehead atoms. The highest BCUT2D eigenvalue weighted by molar-refractivity contribution is 6.30. The summed E-state index contributed by atoms with van der Waals surface area (Å²) in [5.74, 6) is 0.443. The number of carbonyl (C=O) groups excluding carboxylic acids is 1. The summed E-state index contributed by atoms with van der Waals surface area (Å²) in [6.07, 6.45) is 3.64. The zero-order chi connectivity index (χ0) is 21.2. The Hall–Kier alpha value is -2.33. The number of nitrogens with zero attached hydrogens (tertiary/aromatic N) is 1. The molecule has 4 nitrogen and oxygen atoms in total. The van der Waals surface area contributed by atoms with Gasteiger partial charge in [0, 0.05) is 30.8 Å². The first-order valence-electron chi connectivity index (χ1n) is 10.2. The summed E-state index contributed by atoms with van der Waals surface area (Å²) in [6, 6.07) is 12.0. The topological polar surface area (TPSA) is 53.2 Å². The van der Waals surface area contributed by atoms with E-state index in [0.717, 1.165) is 29.8 Å². The number of nitrogens with one attached hydrogen (secondary N) is 1. The van der Waals surface area contributed by atoms with Crippen LogP contribution in [0.3, 0.4) is 0 Å². The lowest BCUT2D eigenvalue weighted by Gasteiger charge is -2.20. The Morgan fingerprint density at radius 2 is 1.90 bits per heavy atom. The van der Waals surface area contributed by atoms with Crippen LogP contribution in [-0.2, 0) is 10.2 Å². The molecule has 29 heavy (non-hydrogen) atoms. The van der Waals surface area contributed by atoms with Gasteiger partial charge in [0.05, 0.1) is 0 Å². The Balaban J connectivity index is 1.99. The largest absolute Gasteiger partial charge is 0.342 e. The molecular formula is C24H29ClN2O2. The molecule has 154 valence electrons. The van der Waals surface area contributed by atoms with Crippen LogP contribution in [0.15, 0.2) is 47.3 Å². The zero-order valence-corrected chi connectivity index (χ0v) is 18.3. The van der Waals surface area contributed by atoms with Crippen LogP contribution in [0.2, 0.25) is 5.02 Å². The van der Waals surface area contributed by atoms with Crippen molar-refractivity contribution in [1.82, 2.24) is 9.88 Å². The molecule has 1 saturated heterocycles. The third-order valence-electron chi connectivity index (χ3n) is 5.50. The fraction of sp³-hybridized carbons (Fsp3) is 0.417. The summed E-state index contributed by atoms with van der Waals surface area (Å²) in [5, 5.41) is 0.178. The molecule has 1 fully saturated rings. The van der Waals surface area contributed by atoms with E-state index in [9.17, 15) is 9.59 Å². The number of hydrogen-bond acceptors (Lipinski definition) is 2. The van der Waals surface area contributed by atoms with Gasteiger partial charge in [-0.15, -0.1) is 0 Å². The average molecular weight is 413 g/mol. The number of likely N-dealkylation sites (tertiary alicyclic amines) is 1. The molecule has 0 saturated carbocycles. The Morgan fingerprint density at radius 1 is 1.21 bits per heavy atom. The van der Waals surface area contributed by atoms with Crippen LogP contribution in [0.5, 0.6) is 0 Å². The van der Waals surface area contributed by atoms with Crippen molar-refractivity contribution >= 4 is 23.1 Å². The lowest BCUT2D eigenvalue weighted by Crippen LogP contribution is -2.27. The van der Waals surface area contributed by atoms with Gasteiger partial charge in [0.2, 0.25) is 5.91 Å². The van der Waals surface area contributed by atoms with Crippen molar-refractivity contribution in [2.45, 2.75) is 46.0 Å². The third-order valence-corrected chi connectivity index (χ3v) is 5.79. The Labute approximate surface area is 177 Å². The minimum absolute atomic E-state index is 0.0729. The molecule has 1 aliphatic rings. The van der Waals surface area contributed by atoms with Crippen LogP contribution in [0.4, 0.5) is 0 Å². The molecule has 5 heteroatoms. The highest BCUT2D eigenvalue weighted by atomic mass is 35.5. The van der Waals surface area contributed by atoms with Gasteiger partial charge in [0.25, 0.3) is 5.56 Å². The SMILES string of the molecule is CCC(=O)N1CC[C@H](/C=C(\c2ccc(C(C)(C)C)cc2)c2ccc(Cl)c(=O)[nH]2)C1. The number of amides is 1. The molecule has 1 aromatic carbocycles. The van der Waals surface area contributed by atoms with Gasteiger partial charge < -0.3 is 9.88 Å². The summed E-state index contributed by atoms with van der Waals surface area (Å²) in [6.45, 7) is 9.95. The number of benzene rings is 1. The van der Waals surface area contributed by atoms with E-state index in [1.165, 1.54) is 5.56 Å². The Morgan fingerprint density at radius 3 is 2.48 bits per heavy atom. The number of aromatic nitrogens is 1. The van der Waals surface area contributed by atoms with E-state index in [2.05, 4.69) is 56.1 Å². The second-order valence-electron chi connectivity index (χ2n) is 8.70. The molecule has 3 rings (SSSR count). The fourth-order valence-corrected chi connectivity index (χ4v) is 3.82. The van der Waals surface area contributed by atoms with Crippen molar-refractivity contribution in [3.8, 4) is 0 Å². The molecule has 0 radical (unpaired) electrons. The number of rotatable bonds is 4. The molecule has 0 spiro atoms. The van der Waals surface area contributed by atoms with Gasteiger partial charge in [-0.05, 0) is 41.0 Å². The van der Waals surface area contributed by atoms with Crippen molar-refractivity contribution < 1.29 is 4.79 Å². The van der Waals surface area contributed by atoms with E-state index in [1.807, 2.05) is 17.9 Å². The molecule has 2 heterocycles. The second-order valence-corrected chi connectivity index (χ2v) is 9.11. The van der Waals surface area contributed by atoms with E-state index in [0.29, 0.717) is 13.0 Å². The van der Waals surface area contributed by atoms with E-state index in [4.69, 9.17) is 11.6 Å². The molecule has 1 amide bonds. The minimum atomic E-state index is -0.296. The standard InChI is InChI=1S/C24H29ClN2O2/c1-5-22(28)27-13-12-16(15-27)14-19(21-11-10-20(25)23(29)26-21)17-6-8-18(9-7-17)24(2,3)4/h6-11,14,16H,5,12-13,15H2,1-4H3,(H,26,29)/b19-14+/t16-/m1/s1. The van der Waals surface area contributed by atoms with Gasteiger partial charge in [0.1, 0.15) is 5.02 Å². The van der Waals surface area contributed by atoms with Crippen LogP contribution in [0.25, 0.3) is 5.57 Å². The molecule has 1 aromatic heterocycles. The highest BCUT2D eigenvalue weighted by Gasteiger charge is 2.25. The van der Waals surface area contributed by atoms with Crippen molar-refractivity contribution in [1.29, 1.82) is 0 Å². The Bertz CT molecular complexity index is 968. The van der Waals surface area contributed by atoms with Crippen molar-refractivity contribution in [3.05, 3.63) is 74.7 Å². The van der Waals surface area contributed by atoms with Crippen molar-refractivity contribution in [2.75, 3.05) is 13.1 Å². The van der Waals surface area contributed by atoms with E-state index in [-0.39, 0.29) is 27.8 Å². The van der Waals surface area contributed by atoms with Crippen LogP contribution in [-0.4, -0.2) is 28.9 Å². The number of carbonyl (C=O) groups is 1. The van der Waals surface area contributed by atoms with E-state index in [1.54, 1.807) is 6.07 Å². The van der Waals surface area contributed by atoms with E-state index < -0.39 is 0 Å². The number of halogens is 1. The molecule has 1 atom stereocenters. The van der Waals surface area contributed by atoms with Gasteiger partial charge in [-0.1, -0.05) is 69.6 Å². The molecular weight excluding hydrogens is 384 g/mol. The Kier molecular flexibility index (Phi) is 6.33. The maximum atomic E-state index is 12.1. The third kappa shape index (κ3) is 4.99. The quantitative estimate of drug-likeness (QED) is 0.766. The van der Waals surface area contributed by atoms with Crippen molar-refractivity contribution in [3.63, 3.8) is 0 Å². The second kappa shape index (κ2) is 8.58. The maximum absolute atomic E-state index is 12.1. The monoisotopic (exact) mass is 412 g/mol. The van der Waals surface area contributed by atoms with Crippen LogP contribution < -0.4 is 5.56 Å². The minimum Gasteiger partial charge on any atom is -0.342 e. The van der Waals surface area contributed by atoms with Gasteiger partial charge in [-0.2, -0.15) is 0 Å². The molecule has 2 aromatic rings. The van der Waals surface area contributed by atoms with Gasteiger partial charge in [-0.25, -0.2) is 0 Å². The summed E-state index contributed by atoms with van der Waals surface area (Å²) < 4.78 is 0. The molecule has 1 N–H and O–H groups in total. The lowest BCUT2D eigenvalue weighted by molar-refractivity contribution is -0.129. The lowest BCUT2D eigenvalue weighted by atomic mass is 9.85. The summed E-state index contributed by atoms with van der Waals surface area (Å²) in [4.78, 5) is 29.0. The normalized spacial score (nSPS) is 17.6. The number of H-pyrrole nitrogens is 1.